The van der Waals surface area contributed by atoms with Gasteiger partial charge in [0, 0.05) is 23.7 Å². The van der Waals surface area contributed by atoms with Crippen LogP contribution in [0.25, 0.3) is 11.1 Å². The fraction of sp³-hybridized carbons (Fsp3) is 0.345. The van der Waals surface area contributed by atoms with Gasteiger partial charge in [-0.25, -0.2) is 4.39 Å². The summed E-state index contributed by atoms with van der Waals surface area (Å²) in [6.45, 7) is 6.59. The number of amides is 1. The molecule has 172 valence electrons. The number of fused-ring (bicyclic) bond motifs is 1. The van der Waals surface area contributed by atoms with Gasteiger partial charge in [0.05, 0.1) is 0 Å². The minimum absolute atomic E-state index is 0.0436. The Morgan fingerprint density at radius 2 is 1.64 bits per heavy atom. The Morgan fingerprint density at radius 1 is 0.970 bits per heavy atom. The number of rotatable bonds is 7. The topological polar surface area (TPSA) is 41.1 Å². The monoisotopic (exact) mass is 444 g/mol. The first-order valence-corrected chi connectivity index (χ1v) is 12.0. The van der Waals surface area contributed by atoms with E-state index < -0.39 is 0 Å². The predicted octanol–water partition coefficient (Wildman–Crippen LogP) is 6.23. The number of benzene rings is 3. The van der Waals surface area contributed by atoms with E-state index in [4.69, 9.17) is 0 Å². The van der Waals surface area contributed by atoms with Crippen LogP contribution in [-0.4, -0.2) is 18.0 Å². The maximum absolute atomic E-state index is 13.1. The second-order valence-corrected chi connectivity index (χ2v) is 9.31. The molecule has 4 rings (SSSR count). The molecule has 0 saturated carbocycles. The number of halogens is 1. The molecule has 0 spiro atoms. The molecule has 3 nitrogen and oxygen atoms in total. The van der Waals surface area contributed by atoms with Crippen molar-refractivity contribution >= 4 is 5.91 Å². The zero-order chi connectivity index (χ0) is 23.4. The Kier molecular flexibility index (Phi) is 7.24. The van der Waals surface area contributed by atoms with Crippen molar-refractivity contribution in [2.75, 3.05) is 0 Å². The molecule has 3 aromatic carbocycles. The molecule has 0 fully saturated rings. The van der Waals surface area contributed by atoms with E-state index in [1.165, 1.54) is 28.8 Å². The smallest absolute Gasteiger partial charge is 0.251 e. The highest BCUT2D eigenvalue weighted by Gasteiger charge is 2.22. The predicted molar refractivity (Wildman–Crippen MR) is 133 cm³/mol. The van der Waals surface area contributed by atoms with Gasteiger partial charge in [0.15, 0.2) is 0 Å². The van der Waals surface area contributed by atoms with Crippen LogP contribution in [-0.2, 0) is 12.8 Å². The standard InChI is InChI=1S/C29H33FN2O/c1-4-28(31-19(2)3)25-10-9-24-18-27(16-13-23(24)17-25)32-29(33)22-7-5-20(6-8-22)21-11-14-26(30)15-12-21/h5-12,14-15,17,19,27-28,31H,4,13,16,18H2,1-3H3,(H,32,33). The van der Waals surface area contributed by atoms with Crippen LogP contribution in [0.1, 0.15) is 66.7 Å². The summed E-state index contributed by atoms with van der Waals surface area (Å²) in [6.07, 6.45) is 3.86. The highest BCUT2D eigenvalue weighted by Crippen LogP contribution is 2.27. The summed E-state index contributed by atoms with van der Waals surface area (Å²) in [4.78, 5) is 12.8. The molecule has 2 unspecified atom stereocenters. The molecule has 1 aliphatic rings. The van der Waals surface area contributed by atoms with Crippen LogP contribution in [0, 0.1) is 5.82 Å². The molecular weight excluding hydrogens is 411 g/mol. The molecule has 0 radical (unpaired) electrons. The van der Waals surface area contributed by atoms with Gasteiger partial charge in [-0.05, 0) is 77.8 Å². The van der Waals surface area contributed by atoms with Gasteiger partial charge >= 0.3 is 0 Å². The van der Waals surface area contributed by atoms with Crippen LogP contribution in [0.3, 0.4) is 0 Å². The van der Waals surface area contributed by atoms with Gasteiger partial charge in [0.2, 0.25) is 0 Å². The summed E-state index contributed by atoms with van der Waals surface area (Å²) < 4.78 is 13.1. The van der Waals surface area contributed by atoms with Gasteiger partial charge in [-0.2, -0.15) is 0 Å². The first-order valence-electron chi connectivity index (χ1n) is 12.0. The van der Waals surface area contributed by atoms with Gasteiger partial charge in [-0.3, -0.25) is 4.79 Å². The lowest BCUT2D eigenvalue weighted by atomic mass is 9.86. The van der Waals surface area contributed by atoms with Crippen LogP contribution in [0.15, 0.2) is 66.7 Å². The number of nitrogens with one attached hydrogen (secondary N) is 2. The van der Waals surface area contributed by atoms with Crippen molar-refractivity contribution in [3.8, 4) is 11.1 Å². The zero-order valence-electron chi connectivity index (χ0n) is 19.7. The van der Waals surface area contributed by atoms with Crippen molar-refractivity contribution in [2.45, 2.75) is 64.6 Å². The van der Waals surface area contributed by atoms with Crippen molar-refractivity contribution in [1.29, 1.82) is 0 Å². The number of carbonyl (C=O) groups excluding carboxylic acids is 1. The Hall–Kier alpha value is -2.98. The Labute approximate surface area is 196 Å². The molecule has 0 aromatic heterocycles. The fourth-order valence-corrected chi connectivity index (χ4v) is 4.69. The average molecular weight is 445 g/mol. The molecule has 2 atom stereocenters. The molecule has 0 aliphatic heterocycles. The third-order valence-electron chi connectivity index (χ3n) is 6.46. The fourth-order valence-electron chi connectivity index (χ4n) is 4.69. The molecule has 1 aliphatic carbocycles. The summed E-state index contributed by atoms with van der Waals surface area (Å²) >= 11 is 0. The third kappa shape index (κ3) is 5.69. The molecule has 0 bridgehead atoms. The molecule has 2 N–H and O–H groups in total. The lowest BCUT2D eigenvalue weighted by Crippen LogP contribution is -2.39. The van der Waals surface area contributed by atoms with Crippen LogP contribution in [0.4, 0.5) is 4.39 Å². The van der Waals surface area contributed by atoms with E-state index in [0.717, 1.165) is 36.8 Å². The van der Waals surface area contributed by atoms with Crippen molar-refractivity contribution in [3.05, 3.63) is 94.8 Å². The largest absolute Gasteiger partial charge is 0.349 e. The van der Waals surface area contributed by atoms with Gasteiger partial charge in [0.25, 0.3) is 5.91 Å². The Balaban J connectivity index is 1.39. The second kappa shape index (κ2) is 10.3. The molecule has 1 amide bonds. The molecule has 0 saturated heterocycles. The van der Waals surface area contributed by atoms with Crippen molar-refractivity contribution in [1.82, 2.24) is 10.6 Å². The lowest BCUT2D eigenvalue weighted by Gasteiger charge is -2.27. The number of carbonyl (C=O) groups is 1. The first kappa shape index (κ1) is 23.2. The third-order valence-corrected chi connectivity index (χ3v) is 6.46. The lowest BCUT2D eigenvalue weighted by molar-refractivity contribution is 0.0933. The summed E-state index contributed by atoms with van der Waals surface area (Å²) in [6, 6.07) is 21.7. The summed E-state index contributed by atoms with van der Waals surface area (Å²) in [5.74, 6) is -0.296. The zero-order valence-corrected chi connectivity index (χ0v) is 19.7. The highest BCUT2D eigenvalue weighted by molar-refractivity contribution is 5.94. The summed E-state index contributed by atoms with van der Waals surface area (Å²) in [7, 11) is 0. The molecular formula is C29H33FN2O. The van der Waals surface area contributed by atoms with E-state index in [1.807, 2.05) is 24.3 Å². The van der Waals surface area contributed by atoms with Crippen LogP contribution >= 0.6 is 0 Å². The van der Waals surface area contributed by atoms with Crippen LogP contribution in [0.2, 0.25) is 0 Å². The minimum Gasteiger partial charge on any atom is -0.349 e. The van der Waals surface area contributed by atoms with E-state index >= 15 is 0 Å². The minimum atomic E-state index is -0.252. The SMILES string of the molecule is CCC(NC(C)C)c1ccc2c(c1)CCC(NC(=O)c1ccc(-c3ccc(F)cc3)cc1)C2. The maximum Gasteiger partial charge on any atom is 0.251 e. The van der Waals surface area contributed by atoms with Crippen molar-refractivity contribution in [2.24, 2.45) is 0 Å². The van der Waals surface area contributed by atoms with Crippen LogP contribution < -0.4 is 10.6 Å². The highest BCUT2D eigenvalue weighted by atomic mass is 19.1. The summed E-state index contributed by atoms with van der Waals surface area (Å²) in [5.41, 5.74) is 6.64. The van der Waals surface area contributed by atoms with Crippen molar-refractivity contribution < 1.29 is 9.18 Å². The average Bonchev–Trinajstić information content (AvgIpc) is 2.82. The maximum atomic E-state index is 13.1. The molecule has 0 heterocycles. The second-order valence-electron chi connectivity index (χ2n) is 9.31. The summed E-state index contributed by atoms with van der Waals surface area (Å²) in [5, 5.41) is 6.87. The van der Waals surface area contributed by atoms with Crippen LogP contribution in [0.5, 0.6) is 0 Å². The Morgan fingerprint density at radius 3 is 2.27 bits per heavy atom. The van der Waals surface area contributed by atoms with E-state index in [0.29, 0.717) is 17.6 Å². The van der Waals surface area contributed by atoms with Gasteiger partial charge in [-0.1, -0.05) is 63.2 Å². The van der Waals surface area contributed by atoms with Gasteiger partial charge in [0.1, 0.15) is 5.82 Å². The molecule has 33 heavy (non-hydrogen) atoms. The number of hydrogen-bond acceptors (Lipinski definition) is 2. The van der Waals surface area contributed by atoms with Crippen molar-refractivity contribution in [3.63, 3.8) is 0 Å². The van der Waals surface area contributed by atoms with Gasteiger partial charge in [-0.15, -0.1) is 0 Å². The van der Waals surface area contributed by atoms with E-state index in [9.17, 15) is 9.18 Å². The quantitative estimate of drug-likeness (QED) is 0.454. The van der Waals surface area contributed by atoms with E-state index in [2.05, 4.69) is 49.6 Å². The normalized spacial score (nSPS) is 16.3. The number of hydrogen-bond donors (Lipinski definition) is 2. The van der Waals surface area contributed by atoms with E-state index in [1.54, 1.807) is 12.1 Å². The van der Waals surface area contributed by atoms with E-state index in [-0.39, 0.29) is 17.8 Å². The number of aryl methyl sites for hydroxylation is 1. The van der Waals surface area contributed by atoms with Gasteiger partial charge < -0.3 is 10.6 Å². The molecule has 3 aromatic rings. The molecule has 4 heteroatoms. The Bertz CT molecular complexity index is 1090. The first-order chi connectivity index (χ1) is 15.9.